The fourth-order valence-corrected chi connectivity index (χ4v) is 1.78. The maximum atomic E-state index is 3.86. The van der Waals surface area contributed by atoms with Crippen LogP contribution in [0.4, 0.5) is 0 Å². The Hall–Kier alpha value is -0.780. The Bertz CT molecular complexity index is 220. The molecule has 1 radical (unpaired) electrons. The van der Waals surface area contributed by atoms with Crippen LogP contribution in [0.1, 0.15) is 71.1 Å². The number of allylic oxidation sites excluding steroid dienone is 6. The summed E-state index contributed by atoms with van der Waals surface area (Å²) >= 11 is 0. The molecule has 0 aliphatic carbocycles. The van der Waals surface area contributed by atoms with Gasteiger partial charge in [0.2, 0.25) is 0 Å². The second-order valence-corrected chi connectivity index (χ2v) is 4.79. The molecule has 0 heteroatoms. The van der Waals surface area contributed by atoms with E-state index in [0.29, 0.717) is 0 Å². The lowest BCUT2D eigenvalue weighted by atomic mass is 10.1. The molecule has 0 nitrogen and oxygen atoms in total. The zero-order valence-corrected chi connectivity index (χ0v) is 12.2. The van der Waals surface area contributed by atoms with Crippen molar-refractivity contribution >= 4 is 0 Å². The van der Waals surface area contributed by atoms with E-state index in [2.05, 4.69) is 50.3 Å². The highest BCUT2D eigenvalue weighted by atomic mass is 13.9. The predicted octanol–water partition coefficient (Wildman–Crippen LogP) is 6.41. The van der Waals surface area contributed by atoms with Crippen LogP contribution in [-0.4, -0.2) is 0 Å². The van der Waals surface area contributed by atoms with Gasteiger partial charge in [0.15, 0.2) is 0 Å². The molecule has 0 amide bonds. The van der Waals surface area contributed by atoms with Crippen LogP contribution in [0.5, 0.6) is 0 Å². The molecule has 0 aromatic heterocycles. The van der Waals surface area contributed by atoms with Gasteiger partial charge in [0.05, 0.1) is 0 Å². The highest BCUT2D eigenvalue weighted by molar-refractivity contribution is 5.10. The average Bonchev–Trinajstić information content (AvgIpc) is 2.39. The van der Waals surface area contributed by atoms with E-state index < -0.39 is 0 Å². The van der Waals surface area contributed by atoms with E-state index in [-0.39, 0.29) is 0 Å². The maximum Gasteiger partial charge on any atom is -0.0348 e. The van der Waals surface area contributed by atoms with E-state index in [0.717, 1.165) is 6.42 Å². The van der Waals surface area contributed by atoms with Gasteiger partial charge in [0.25, 0.3) is 0 Å². The molecule has 103 valence electrons. The smallest absolute Gasteiger partial charge is 0.0348 e. The van der Waals surface area contributed by atoms with Crippen LogP contribution < -0.4 is 0 Å². The van der Waals surface area contributed by atoms with Gasteiger partial charge in [-0.3, -0.25) is 0 Å². The van der Waals surface area contributed by atoms with Gasteiger partial charge in [-0.15, -0.1) is 0 Å². The van der Waals surface area contributed by atoms with Crippen LogP contribution in [0.2, 0.25) is 0 Å². The number of rotatable bonds is 12. The van der Waals surface area contributed by atoms with E-state index in [4.69, 9.17) is 0 Å². The lowest BCUT2D eigenvalue weighted by molar-refractivity contribution is 0.651. The third-order valence-electron chi connectivity index (χ3n) is 2.95. The molecular formula is C18H31. The van der Waals surface area contributed by atoms with Gasteiger partial charge in [-0.05, 0) is 25.7 Å². The summed E-state index contributed by atoms with van der Waals surface area (Å²) in [7, 11) is 0. The zero-order valence-electron chi connectivity index (χ0n) is 12.2. The second-order valence-electron chi connectivity index (χ2n) is 4.79. The van der Waals surface area contributed by atoms with Crippen LogP contribution in [0.15, 0.2) is 36.5 Å². The largest absolute Gasteiger partial charge is 0.0845 e. The molecule has 0 aliphatic heterocycles. The van der Waals surface area contributed by atoms with Gasteiger partial charge in [-0.1, -0.05) is 88.8 Å². The topological polar surface area (TPSA) is 0 Å². The molecule has 18 heavy (non-hydrogen) atoms. The SMILES string of the molecule is [CH2]CCCCCC/C=C/C=C/C=C/CCCCC. The molecule has 0 fully saturated rings. The Morgan fingerprint density at radius 3 is 1.78 bits per heavy atom. The van der Waals surface area contributed by atoms with Crippen molar-refractivity contribution in [3.8, 4) is 0 Å². The summed E-state index contributed by atoms with van der Waals surface area (Å²) < 4.78 is 0. The summed E-state index contributed by atoms with van der Waals surface area (Å²) in [5, 5.41) is 0. The first-order valence-electron chi connectivity index (χ1n) is 7.69. The molecule has 0 aliphatic rings. The molecule has 0 aromatic rings. The zero-order chi connectivity index (χ0) is 13.3. The van der Waals surface area contributed by atoms with E-state index in [9.17, 15) is 0 Å². The Morgan fingerprint density at radius 1 is 0.667 bits per heavy atom. The van der Waals surface area contributed by atoms with E-state index in [1.54, 1.807) is 0 Å². The van der Waals surface area contributed by atoms with Crippen LogP contribution in [0, 0.1) is 6.92 Å². The molecule has 0 saturated heterocycles. The number of hydrogen-bond acceptors (Lipinski definition) is 0. The fraction of sp³-hybridized carbons (Fsp3) is 0.611. The molecule has 0 spiro atoms. The van der Waals surface area contributed by atoms with Gasteiger partial charge in [0.1, 0.15) is 0 Å². The van der Waals surface area contributed by atoms with Crippen LogP contribution in [-0.2, 0) is 0 Å². The highest BCUT2D eigenvalue weighted by Crippen LogP contribution is 2.05. The first kappa shape index (κ1) is 17.2. The van der Waals surface area contributed by atoms with E-state index >= 15 is 0 Å². The molecule has 0 N–H and O–H groups in total. The molecule has 0 saturated carbocycles. The molecule has 0 unspecified atom stereocenters. The van der Waals surface area contributed by atoms with Crippen LogP contribution >= 0.6 is 0 Å². The van der Waals surface area contributed by atoms with Crippen molar-refractivity contribution in [2.75, 3.05) is 0 Å². The maximum absolute atomic E-state index is 3.86. The van der Waals surface area contributed by atoms with Crippen molar-refractivity contribution in [3.63, 3.8) is 0 Å². The summed E-state index contributed by atoms with van der Waals surface area (Å²) in [5.41, 5.74) is 0. The van der Waals surface area contributed by atoms with Gasteiger partial charge in [-0.2, -0.15) is 0 Å². The predicted molar refractivity (Wildman–Crippen MR) is 84.6 cm³/mol. The average molecular weight is 247 g/mol. The minimum atomic E-state index is 1.09. The molecule has 0 aromatic carbocycles. The van der Waals surface area contributed by atoms with Gasteiger partial charge < -0.3 is 0 Å². The Kier molecular flexibility index (Phi) is 15.5. The molecular weight excluding hydrogens is 216 g/mol. The second kappa shape index (κ2) is 16.2. The van der Waals surface area contributed by atoms with Gasteiger partial charge in [0, 0.05) is 0 Å². The van der Waals surface area contributed by atoms with Crippen LogP contribution in [0.25, 0.3) is 0 Å². The van der Waals surface area contributed by atoms with E-state index in [1.807, 2.05) is 0 Å². The number of hydrogen-bond donors (Lipinski definition) is 0. The van der Waals surface area contributed by atoms with Crippen molar-refractivity contribution in [1.29, 1.82) is 0 Å². The number of unbranched alkanes of at least 4 members (excludes halogenated alkanes) is 8. The quantitative estimate of drug-likeness (QED) is 0.276. The lowest BCUT2D eigenvalue weighted by Gasteiger charge is -1.95. The highest BCUT2D eigenvalue weighted by Gasteiger charge is 1.85. The molecule has 0 bridgehead atoms. The lowest BCUT2D eigenvalue weighted by Crippen LogP contribution is -1.75. The molecule has 0 rings (SSSR count). The van der Waals surface area contributed by atoms with Gasteiger partial charge >= 0.3 is 0 Å². The summed E-state index contributed by atoms with van der Waals surface area (Å²) in [5.74, 6) is 0. The first-order chi connectivity index (χ1) is 8.91. The summed E-state index contributed by atoms with van der Waals surface area (Å²) in [6.07, 6.45) is 25.9. The monoisotopic (exact) mass is 247 g/mol. The molecule has 0 atom stereocenters. The first-order valence-corrected chi connectivity index (χ1v) is 7.69. The molecule has 0 heterocycles. The Balaban J connectivity index is 3.29. The van der Waals surface area contributed by atoms with Crippen molar-refractivity contribution in [2.24, 2.45) is 0 Å². The summed E-state index contributed by atoms with van der Waals surface area (Å²) in [4.78, 5) is 0. The fourth-order valence-electron chi connectivity index (χ4n) is 1.78. The summed E-state index contributed by atoms with van der Waals surface area (Å²) in [6.45, 7) is 6.10. The minimum Gasteiger partial charge on any atom is -0.0845 e. The Labute approximate surface area is 115 Å². The Morgan fingerprint density at radius 2 is 1.22 bits per heavy atom. The van der Waals surface area contributed by atoms with Crippen molar-refractivity contribution in [3.05, 3.63) is 43.4 Å². The van der Waals surface area contributed by atoms with Gasteiger partial charge in [-0.25, -0.2) is 0 Å². The van der Waals surface area contributed by atoms with Crippen LogP contribution in [0.3, 0.4) is 0 Å². The van der Waals surface area contributed by atoms with Crippen molar-refractivity contribution in [2.45, 2.75) is 71.1 Å². The third kappa shape index (κ3) is 15.2. The standard InChI is InChI=1S/C18H31/c1-3-5-7-9-11-13-15-17-18-16-14-12-10-8-6-4-2/h12,14-18H,1,3-11,13H2,2H3/b14-12+,17-15+,18-16+. The van der Waals surface area contributed by atoms with Crippen molar-refractivity contribution in [1.82, 2.24) is 0 Å². The summed E-state index contributed by atoms with van der Waals surface area (Å²) in [6, 6.07) is 0. The normalized spacial score (nSPS) is 12.3. The third-order valence-corrected chi connectivity index (χ3v) is 2.95. The van der Waals surface area contributed by atoms with E-state index in [1.165, 1.54) is 57.8 Å². The van der Waals surface area contributed by atoms with Crippen molar-refractivity contribution < 1.29 is 0 Å². The minimum absolute atomic E-state index is 1.09.